The number of carbonyl (C=O) groups excluding carboxylic acids is 1. The van der Waals surface area contributed by atoms with Gasteiger partial charge in [-0.05, 0) is 35.9 Å². The van der Waals surface area contributed by atoms with Gasteiger partial charge >= 0.3 is 6.18 Å². The average molecular weight is 352 g/mol. The van der Waals surface area contributed by atoms with Crippen molar-refractivity contribution < 1.29 is 18.0 Å². The second-order valence-electron chi connectivity index (χ2n) is 5.52. The van der Waals surface area contributed by atoms with Crippen LogP contribution in [0, 0.1) is 0 Å². The zero-order valence-electron chi connectivity index (χ0n) is 12.4. The number of aromatic nitrogens is 1. The number of nitrogens with one attached hydrogen (secondary N) is 1. The van der Waals surface area contributed by atoms with Gasteiger partial charge in [0.1, 0.15) is 0 Å². The molecule has 1 heterocycles. The van der Waals surface area contributed by atoms with Crippen molar-refractivity contribution in [2.45, 2.75) is 18.5 Å². The lowest BCUT2D eigenvalue weighted by Crippen LogP contribution is -2.23. The summed E-state index contributed by atoms with van der Waals surface area (Å²) < 4.78 is 40.7. The van der Waals surface area contributed by atoms with Crippen LogP contribution in [0.4, 0.5) is 13.2 Å². The van der Waals surface area contributed by atoms with Crippen molar-refractivity contribution in [1.82, 2.24) is 4.98 Å². The highest BCUT2D eigenvalue weighted by Gasteiger charge is 2.43. The molecule has 0 saturated carbocycles. The number of Topliss-reactive ketones (excluding diaryl/α,β-unsaturated/α-hetero) is 1. The molecule has 0 radical (unpaired) electrons. The summed E-state index contributed by atoms with van der Waals surface area (Å²) in [7, 11) is 0. The Bertz CT molecular complexity index is 868. The lowest BCUT2D eigenvalue weighted by atomic mass is 9.90. The molecule has 2 nitrogen and oxygen atoms in total. The number of halogens is 4. The van der Waals surface area contributed by atoms with Gasteiger partial charge in [-0.25, -0.2) is 0 Å². The number of para-hydroxylation sites is 1. The van der Waals surface area contributed by atoms with Gasteiger partial charge < -0.3 is 4.98 Å². The minimum Gasteiger partial charge on any atom is -0.361 e. The van der Waals surface area contributed by atoms with Crippen molar-refractivity contribution in [2.24, 2.45) is 0 Å². The molecule has 0 aliphatic heterocycles. The lowest BCUT2D eigenvalue weighted by molar-refractivity contribution is -0.149. The number of ketones is 1. The maximum absolute atomic E-state index is 13.6. The molecular formula is C18H13ClF3NO. The first-order chi connectivity index (χ1) is 11.4. The Hall–Kier alpha value is -2.27. The van der Waals surface area contributed by atoms with E-state index in [9.17, 15) is 18.0 Å². The maximum Gasteiger partial charge on any atom is 0.396 e. The largest absolute Gasteiger partial charge is 0.396 e. The van der Waals surface area contributed by atoms with E-state index in [0.29, 0.717) is 15.9 Å². The molecule has 0 spiro atoms. The Kier molecular flexibility index (Phi) is 4.37. The summed E-state index contributed by atoms with van der Waals surface area (Å²) >= 11 is 5.75. The number of hydrogen-bond acceptors (Lipinski definition) is 1. The number of benzene rings is 2. The Balaban J connectivity index is 1.96. The van der Waals surface area contributed by atoms with E-state index in [2.05, 4.69) is 4.98 Å². The lowest BCUT2D eigenvalue weighted by Gasteiger charge is -2.19. The van der Waals surface area contributed by atoms with Crippen LogP contribution in [0.15, 0.2) is 54.7 Å². The molecule has 0 saturated heterocycles. The molecular weight excluding hydrogens is 339 g/mol. The number of fused-ring (bicyclic) bond motifs is 1. The molecule has 2 aromatic carbocycles. The van der Waals surface area contributed by atoms with Gasteiger partial charge in [0.25, 0.3) is 0 Å². The van der Waals surface area contributed by atoms with Crippen molar-refractivity contribution in [3.05, 3.63) is 70.9 Å². The van der Waals surface area contributed by atoms with Gasteiger partial charge in [0.05, 0.1) is 5.92 Å². The zero-order chi connectivity index (χ0) is 17.3. The van der Waals surface area contributed by atoms with E-state index in [1.54, 1.807) is 24.3 Å². The Morgan fingerprint density at radius 2 is 1.75 bits per heavy atom. The van der Waals surface area contributed by atoms with Crippen LogP contribution in [0.2, 0.25) is 5.02 Å². The van der Waals surface area contributed by atoms with Crippen LogP contribution in [0.25, 0.3) is 10.9 Å². The quantitative estimate of drug-likeness (QED) is 0.597. The van der Waals surface area contributed by atoms with Gasteiger partial charge in [-0.3, -0.25) is 4.79 Å². The summed E-state index contributed by atoms with van der Waals surface area (Å²) in [5.41, 5.74) is 0.912. The predicted octanol–water partition coefficient (Wildman–Crippen LogP) is 5.74. The standard InChI is InChI=1S/C18H13ClF3NO/c19-12-7-5-11(6-8-12)17(24)9-15(18(20,21)22)14-10-23-16-4-2-1-3-13(14)16/h1-8,10,15,23H,9H2/t15-/m1/s1. The molecule has 3 rings (SSSR count). The van der Waals surface area contributed by atoms with Crippen LogP contribution in [0.3, 0.4) is 0 Å². The number of rotatable bonds is 4. The fourth-order valence-corrected chi connectivity index (χ4v) is 2.85. The van der Waals surface area contributed by atoms with Crippen LogP contribution in [0.1, 0.15) is 28.3 Å². The molecule has 0 aliphatic rings. The highest BCUT2D eigenvalue weighted by molar-refractivity contribution is 6.30. The third-order valence-electron chi connectivity index (χ3n) is 3.95. The monoisotopic (exact) mass is 351 g/mol. The van der Waals surface area contributed by atoms with Crippen molar-refractivity contribution in [2.75, 3.05) is 0 Å². The van der Waals surface area contributed by atoms with Crippen LogP contribution in [0.5, 0.6) is 0 Å². The summed E-state index contributed by atoms with van der Waals surface area (Å²) in [6.45, 7) is 0. The topological polar surface area (TPSA) is 32.9 Å². The summed E-state index contributed by atoms with van der Waals surface area (Å²) in [4.78, 5) is 15.1. The molecule has 0 unspecified atom stereocenters. The number of hydrogen-bond donors (Lipinski definition) is 1. The highest BCUT2D eigenvalue weighted by atomic mass is 35.5. The molecule has 0 bridgehead atoms. The molecule has 0 fully saturated rings. The van der Waals surface area contributed by atoms with Crippen molar-refractivity contribution in [1.29, 1.82) is 0 Å². The van der Waals surface area contributed by atoms with Gasteiger partial charge in [-0.2, -0.15) is 13.2 Å². The van der Waals surface area contributed by atoms with E-state index in [4.69, 9.17) is 11.6 Å². The van der Waals surface area contributed by atoms with Crippen LogP contribution < -0.4 is 0 Å². The number of H-pyrrole nitrogens is 1. The molecule has 1 atom stereocenters. The molecule has 1 N–H and O–H groups in total. The van der Waals surface area contributed by atoms with E-state index in [1.165, 1.54) is 30.5 Å². The molecule has 6 heteroatoms. The van der Waals surface area contributed by atoms with Gasteiger partial charge in [-0.15, -0.1) is 0 Å². The van der Waals surface area contributed by atoms with Crippen molar-refractivity contribution in [3.8, 4) is 0 Å². The Labute approximate surface area is 141 Å². The van der Waals surface area contributed by atoms with Crippen molar-refractivity contribution in [3.63, 3.8) is 0 Å². The van der Waals surface area contributed by atoms with Gasteiger partial charge in [0.15, 0.2) is 5.78 Å². The smallest absolute Gasteiger partial charge is 0.361 e. The highest BCUT2D eigenvalue weighted by Crippen LogP contribution is 2.41. The summed E-state index contributed by atoms with van der Waals surface area (Å²) in [6.07, 6.45) is -3.84. The Morgan fingerprint density at radius 3 is 2.42 bits per heavy atom. The molecule has 0 aliphatic carbocycles. The molecule has 3 aromatic rings. The van der Waals surface area contributed by atoms with E-state index < -0.39 is 24.3 Å². The summed E-state index contributed by atoms with van der Waals surface area (Å²) in [5, 5.41) is 0.902. The fourth-order valence-electron chi connectivity index (χ4n) is 2.72. The van der Waals surface area contributed by atoms with E-state index >= 15 is 0 Å². The molecule has 0 amide bonds. The third kappa shape index (κ3) is 3.31. The second kappa shape index (κ2) is 6.32. The first-order valence-corrected chi connectivity index (χ1v) is 7.65. The zero-order valence-corrected chi connectivity index (χ0v) is 13.2. The maximum atomic E-state index is 13.6. The third-order valence-corrected chi connectivity index (χ3v) is 4.20. The minimum atomic E-state index is -4.52. The number of aromatic amines is 1. The molecule has 1 aromatic heterocycles. The van der Waals surface area contributed by atoms with E-state index in [0.717, 1.165) is 0 Å². The van der Waals surface area contributed by atoms with E-state index in [1.807, 2.05) is 0 Å². The first kappa shape index (κ1) is 16.6. The summed E-state index contributed by atoms with van der Waals surface area (Å²) in [6, 6.07) is 12.6. The van der Waals surface area contributed by atoms with Gasteiger partial charge in [0.2, 0.25) is 0 Å². The summed E-state index contributed by atoms with van der Waals surface area (Å²) in [5.74, 6) is -2.43. The average Bonchev–Trinajstić information content (AvgIpc) is 2.95. The predicted molar refractivity (Wildman–Crippen MR) is 87.5 cm³/mol. The SMILES string of the molecule is O=C(C[C@H](c1c[nH]c2ccccc12)C(F)(F)F)c1ccc(Cl)cc1. The Morgan fingerprint density at radius 1 is 1.08 bits per heavy atom. The van der Waals surface area contributed by atoms with Crippen LogP contribution in [-0.2, 0) is 0 Å². The van der Waals surface area contributed by atoms with E-state index in [-0.39, 0.29) is 11.1 Å². The van der Waals surface area contributed by atoms with Gasteiger partial charge in [-0.1, -0.05) is 29.8 Å². The fraction of sp³-hybridized carbons (Fsp3) is 0.167. The van der Waals surface area contributed by atoms with Crippen molar-refractivity contribution >= 4 is 28.3 Å². The van der Waals surface area contributed by atoms with Crippen LogP contribution in [-0.4, -0.2) is 16.9 Å². The second-order valence-corrected chi connectivity index (χ2v) is 5.95. The number of carbonyl (C=O) groups is 1. The minimum absolute atomic E-state index is 0.0837. The number of alkyl halides is 3. The first-order valence-electron chi connectivity index (χ1n) is 7.28. The van der Waals surface area contributed by atoms with Gasteiger partial charge in [0, 0.05) is 34.1 Å². The van der Waals surface area contributed by atoms with Crippen LogP contribution >= 0.6 is 11.6 Å². The molecule has 124 valence electrons. The normalized spacial score (nSPS) is 13.2. The molecule has 24 heavy (non-hydrogen) atoms.